The van der Waals surface area contributed by atoms with E-state index in [2.05, 4.69) is 15.9 Å². The minimum absolute atomic E-state index is 0.325. The topological polar surface area (TPSA) is 37.3 Å². The molecule has 0 amide bonds. The van der Waals surface area contributed by atoms with Crippen molar-refractivity contribution in [3.8, 4) is 0 Å². The monoisotopic (exact) mass is 336 g/mol. The predicted molar refractivity (Wildman–Crippen MR) is 79.2 cm³/mol. The van der Waals surface area contributed by atoms with E-state index in [1.165, 1.54) is 6.07 Å². The summed E-state index contributed by atoms with van der Waals surface area (Å²) in [5.74, 6) is -1.76. The third kappa shape index (κ3) is 3.45. The summed E-state index contributed by atoms with van der Waals surface area (Å²) in [6.07, 6.45) is 0.936. The number of hydrogen-bond acceptors (Lipinski definition) is 1. The van der Waals surface area contributed by atoms with Crippen molar-refractivity contribution in [3.63, 3.8) is 0 Å². The first kappa shape index (κ1) is 14.7. The summed E-state index contributed by atoms with van der Waals surface area (Å²) in [5, 5.41) is 9.34. The van der Waals surface area contributed by atoms with Crippen LogP contribution in [0.2, 0.25) is 0 Å². The largest absolute Gasteiger partial charge is 0.481 e. The minimum atomic E-state index is -0.858. The molecule has 1 atom stereocenters. The Hall–Kier alpha value is -1.68. The fraction of sp³-hybridized carbons (Fsp3) is 0.188. The van der Waals surface area contributed by atoms with E-state index in [9.17, 15) is 14.3 Å². The molecule has 0 aliphatic carbocycles. The molecule has 0 aromatic heterocycles. The zero-order valence-electron chi connectivity index (χ0n) is 10.7. The van der Waals surface area contributed by atoms with Crippen molar-refractivity contribution in [3.05, 3.63) is 69.9 Å². The summed E-state index contributed by atoms with van der Waals surface area (Å²) in [6.45, 7) is 0. The Bertz CT molecular complexity index is 599. The number of carbonyl (C=O) groups is 1. The first-order valence-electron chi connectivity index (χ1n) is 6.30. The quantitative estimate of drug-likeness (QED) is 0.879. The summed E-state index contributed by atoms with van der Waals surface area (Å²) in [5.41, 5.74) is 1.56. The lowest BCUT2D eigenvalue weighted by Gasteiger charge is -2.13. The van der Waals surface area contributed by atoms with Crippen LogP contribution in [0.25, 0.3) is 0 Å². The first-order valence-corrected chi connectivity index (χ1v) is 7.09. The van der Waals surface area contributed by atoms with E-state index in [0.717, 1.165) is 11.1 Å². The van der Waals surface area contributed by atoms with Crippen LogP contribution in [0.15, 0.2) is 53.0 Å². The maximum absolute atomic E-state index is 13.4. The van der Waals surface area contributed by atoms with Gasteiger partial charge in [-0.3, -0.25) is 4.79 Å². The molecule has 2 rings (SSSR count). The molecule has 1 N–H and O–H groups in total. The van der Waals surface area contributed by atoms with Crippen LogP contribution in [0, 0.1) is 5.82 Å². The molecule has 0 aliphatic rings. The number of rotatable bonds is 5. The van der Waals surface area contributed by atoms with Crippen molar-refractivity contribution in [2.24, 2.45) is 0 Å². The number of carboxylic acids is 1. The zero-order valence-corrected chi connectivity index (χ0v) is 12.3. The van der Waals surface area contributed by atoms with E-state index in [0.29, 0.717) is 17.3 Å². The van der Waals surface area contributed by atoms with Gasteiger partial charge in [-0.05, 0) is 46.0 Å². The Morgan fingerprint density at radius 2 is 1.85 bits per heavy atom. The van der Waals surface area contributed by atoms with Crippen molar-refractivity contribution in [2.75, 3.05) is 0 Å². The number of carboxylic acid groups (broad SMARTS) is 1. The highest BCUT2D eigenvalue weighted by Gasteiger charge is 2.20. The van der Waals surface area contributed by atoms with Gasteiger partial charge in [-0.2, -0.15) is 0 Å². The van der Waals surface area contributed by atoms with E-state index in [4.69, 9.17) is 0 Å². The Morgan fingerprint density at radius 1 is 1.15 bits per heavy atom. The van der Waals surface area contributed by atoms with Crippen LogP contribution in [0.1, 0.15) is 23.5 Å². The van der Waals surface area contributed by atoms with E-state index in [-0.39, 0.29) is 5.82 Å². The molecule has 4 heteroatoms. The second-order valence-electron chi connectivity index (χ2n) is 4.55. The average molecular weight is 337 g/mol. The molecule has 2 aromatic rings. The van der Waals surface area contributed by atoms with Crippen LogP contribution in [-0.4, -0.2) is 11.1 Å². The zero-order chi connectivity index (χ0) is 14.5. The molecule has 0 saturated heterocycles. The highest BCUT2D eigenvalue weighted by atomic mass is 79.9. The van der Waals surface area contributed by atoms with Crippen LogP contribution < -0.4 is 0 Å². The molecule has 20 heavy (non-hydrogen) atoms. The molecule has 2 aromatic carbocycles. The fourth-order valence-electron chi connectivity index (χ4n) is 2.16. The highest BCUT2D eigenvalue weighted by molar-refractivity contribution is 9.10. The maximum Gasteiger partial charge on any atom is 0.310 e. The number of hydrogen-bond donors (Lipinski definition) is 1. The third-order valence-electron chi connectivity index (χ3n) is 3.23. The molecular formula is C16H14BrFO2. The minimum Gasteiger partial charge on any atom is -0.481 e. The van der Waals surface area contributed by atoms with Gasteiger partial charge in [0.2, 0.25) is 0 Å². The van der Waals surface area contributed by atoms with Crippen LogP contribution in [0.3, 0.4) is 0 Å². The van der Waals surface area contributed by atoms with Crippen molar-refractivity contribution in [1.82, 2.24) is 0 Å². The van der Waals surface area contributed by atoms with E-state index in [1.54, 1.807) is 24.3 Å². The number of halogens is 2. The molecule has 0 heterocycles. The molecule has 0 spiro atoms. The van der Waals surface area contributed by atoms with Gasteiger partial charge in [0, 0.05) is 0 Å². The standard InChI is InChI=1S/C16H14BrFO2/c17-15-12(7-4-8-14(15)18)9-10-13(16(19)20)11-5-2-1-3-6-11/h1-8,13H,9-10H2,(H,19,20). The van der Waals surface area contributed by atoms with Gasteiger partial charge >= 0.3 is 5.97 Å². The molecule has 104 valence electrons. The normalized spacial score (nSPS) is 12.1. The van der Waals surface area contributed by atoms with Gasteiger partial charge in [-0.1, -0.05) is 42.5 Å². The Morgan fingerprint density at radius 3 is 2.50 bits per heavy atom. The van der Waals surface area contributed by atoms with Crippen molar-refractivity contribution < 1.29 is 14.3 Å². The predicted octanol–water partition coefficient (Wildman–Crippen LogP) is 4.39. The SMILES string of the molecule is O=C(O)C(CCc1cccc(F)c1Br)c1ccccc1. The van der Waals surface area contributed by atoms with Gasteiger partial charge < -0.3 is 5.11 Å². The van der Waals surface area contributed by atoms with E-state index < -0.39 is 11.9 Å². The van der Waals surface area contributed by atoms with Crippen molar-refractivity contribution >= 4 is 21.9 Å². The molecule has 0 aliphatic heterocycles. The number of benzene rings is 2. The summed E-state index contributed by atoms with van der Waals surface area (Å²) < 4.78 is 13.8. The van der Waals surface area contributed by atoms with Gasteiger partial charge in [0.25, 0.3) is 0 Å². The lowest BCUT2D eigenvalue weighted by atomic mass is 9.92. The van der Waals surface area contributed by atoms with Crippen molar-refractivity contribution in [2.45, 2.75) is 18.8 Å². The van der Waals surface area contributed by atoms with Crippen LogP contribution in [-0.2, 0) is 11.2 Å². The highest BCUT2D eigenvalue weighted by Crippen LogP contribution is 2.26. The Kier molecular flexibility index (Phi) is 4.90. The third-order valence-corrected chi connectivity index (χ3v) is 4.12. The summed E-state index contributed by atoms with van der Waals surface area (Å²) in [6, 6.07) is 13.9. The van der Waals surface area contributed by atoms with Gasteiger partial charge in [-0.25, -0.2) is 4.39 Å². The summed E-state index contributed by atoms with van der Waals surface area (Å²) in [4.78, 5) is 11.4. The van der Waals surface area contributed by atoms with Gasteiger partial charge in [0.15, 0.2) is 0 Å². The van der Waals surface area contributed by atoms with Crippen molar-refractivity contribution in [1.29, 1.82) is 0 Å². The lowest BCUT2D eigenvalue weighted by Crippen LogP contribution is -2.12. The first-order chi connectivity index (χ1) is 9.59. The number of aryl methyl sites for hydroxylation is 1. The summed E-state index contributed by atoms with van der Waals surface area (Å²) >= 11 is 3.20. The molecule has 0 bridgehead atoms. The lowest BCUT2D eigenvalue weighted by molar-refractivity contribution is -0.138. The summed E-state index contributed by atoms with van der Waals surface area (Å²) in [7, 11) is 0. The van der Waals surface area contributed by atoms with Gasteiger partial charge in [-0.15, -0.1) is 0 Å². The molecule has 0 saturated carbocycles. The van der Waals surface area contributed by atoms with E-state index >= 15 is 0 Å². The molecule has 1 unspecified atom stereocenters. The Labute approximate surface area is 125 Å². The van der Waals surface area contributed by atoms with Crippen LogP contribution in [0.5, 0.6) is 0 Å². The molecule has 2 nitrogen and oxygen atoms in total. The second kappa shape index (κ2) is 6.66. The van der Waals surface area contributed by atoms with Crippen LogP contribution >= 0.6 is 15.9 Å². The Balaban J connectivity index is 2.14. The smallest absolute Gasteiger partial charge is 0.310 e. The fourth-order valence-corrected chi connectivity index (χ4v) is 2.62. The van der Waals surface area contributed by atoms with Gasteiger partial charge in [0.1, 0.15) is 5.82 Å². The maximum atomic E-state index is 13.4. The second-order valence-corrected chi connectivity index (χ2v) is 5.35. The average Bonchev–Trinajstić information content (AvgIpc) is 2.44. The molecule has 0 fully saturated rings. The number of aliphatic carboxylic acids is 1. The van der Waals surface area contributed by atoms with Crippen LogP contribution in [0.4, 0.5) is 4.39 Å². The molecule has 0 radical (unpaired) electrons. The molecular weight excluding hydrogens is 323 g/mol. The van der Waals surface area contributed by atoms with Gasteiger partial charge in [0.05, 0.1) is 10.4 Å². The van der Waals surface area contributed by atoms with E-state index in [1.807, 2.05) is 18.2 Å².